The predicted molar refractivity (Wildman–Crippen MR) is 71.1 cm³/mol. The summed E-state index contributed by atoms with van der Waals surface area (Å²) < 4.78 is 13.7. The van der Waals surface area contributed by atoms with E-state index in [4.69, 9.17) is 11.6 Å². The molecule has 2 aromatic rings. The van der Waals surface area contributed by atoms with Gasteiger partial charge in [0.15, 0.2) is 0 Å². The smallest absolute Gasteiger partial charge is 0.132 e. The van der Waals surface area contributed by atoms with Gasteiger partial charge in [0, 0.05) is 10.6 Å². The van der Waals surface area contributed by atoms with Gasteiger partial charge in [-0.15, -0.1) is 0 Å². The highest BCUT2D eigenvalue weighted by Crippen LogP contribution is 2.26. The fourth-order valence-corrected chi connectivity index (χ4v) is 1.77. The summed E-state index contributed by atoms with van der Waals surface area (Å²) in [7, 11) is 1.85. The second-order valence-corrected chi connectivity index (χ2v) is 5.08. The molecule has 18 heavy (non-hydrogen) atoms. The molecule has 2 N–H and O–H groups in total. The minimum Gasteiger partial charge on any atom is -0.340 e. The lowest BCUT2D eigenvalue weighted by Crippen LogP contribution is -2.34. The average molecular weight is 268 g/mol. The molecule has 0 atom stereocenters. The molecule has 1 aromatic carbocycles. The Kier molecular flexibility index (Phi) is 3.41. The highest BCUT2D eigenvalue weighted by atomic mass is 35.5. The molecule has 0 fully saturated rings. The van der Waals surface area contributed by atoms with Crippen molar-refractivity contribution < 1.29 is 4.39 Å². The molecule has 0 radical (unpaired) electrons. The third-order valence-electron chi connectivity index (χ3n) is 3.01. The van der Waals surface area contributed by atoms with Crippen LogP contribution in [0.2, 0.25) is 5.02 Å². The molecule has 0 spiro atoms. The van der Waals surface area contributed by atoms with Crippen LogP contribution in [0.15, 0.2) is 24.4 Å². The number of hydrogen-bond acceptors (Lipinski definition) is 2. The topological polar surface area (TPSA) is 40.7 Å². The molecule has 0 amide bonds. The van der Waals surface area contributed by atoms with Crippen molar-refractivity contribution in [1.29, 1.82) is 0 Å². The van der Waals surface area contributed by atoms with Crippen molar-refractivity contribution in [3.8, 4) is 11.3 Å². The molecule has 1 aromatic heterocycles. The number of nitrogens with one attached hydrogen (secondary N) is 2. The van der Waals surface area contributed by atoms with Crippen molar-refractivity contribution in [3.63, 3.8) is 0 Å². The summed E-state index contributed by atoms with van der Waals surface area (Å²) in [6.45, 7) is 3.98. The lowest BCUT2D eigenvalue weighted by atomic mass is 10.1. The lowest BCUT2D eigenvalue weighted by molar-refractivity contribution is 0.421. The average Bonchev–Trinajstić information content (AvgIpc) is 2.82. The number of benzene rings is 1. The van der Waals surface area contributed by atoms with E-state index in [1.165, 1.54) is 12.1 Å². The van der Waals surface area contributed by atoms with E-state index in [0.717, 1.165) is 5.82 Å². The van der Waals surface area contributed by atoms with E-state index in [-0.39, 0.29) is 11.4 Å². The second kappa shape index (κ2) is 4.71. The van der Waals surface area contributed by atoms with Gasteiger partial charge in [0.1, 0.15) is 11.6 Å². The Labute approximate surface area is 110 Å². The van der Waals surface area contributed by atoms with Gasteiger partial charge in [-0.3, -0.25) is 0 Å². The predicted octanol–water partition coefficient (Wildman–Crippen LogP) is 3.32. The fraction of sp³-hybridized carbons (Fsp3) is 0.308. The number of halogens is 2. The lowest BCUT2D eigenvalue weighted by Gasteiger charge is -2.20. The number of aromatic nitrogens is 2. The first-order valence-electron chi connectivity index (χ1n) is 5.64. The van der Waals surface area contributed by atoms with Crippen LogP contribution >= 0.6 is 11.6 Å². The Hall–Kier alpha value is -1.39. The summed E-state index contributed by atoms with van der Waals surface area (Å²) in [4.78, 5) is 7.39. The van der Waals surface area contributed by atoms with Gasteiger partial charge in [-0.25, -0.2) is 9.37 Å². The van der Waals surface area contributed by atoms with E-state index >= 15 is 0 Å². The maximum atomic E-state index is 13.7. The first kappa shape index (κ1) is 13.1. The zero-order valence-corrected chi connectivity index (χ0v) is 11.3. The number of H-pyrrole nitrogens is 1. The van der Waals surface area contributed by atoms with Gasteiger partial charge in [0.05, 0.1) is 17.4 Å². The van der Waals surface area contributed by atoms with Gasteiger partial charge >= 0.3 is 0 Å². The number of hydrogen-bond donors (Lipinski definition) is 2. The quantitative estimate of drug-likeness (QED) is 0.896. The Morgan fingerprint density at radius 3 is 2.78 bits per heavy atom. The third kappa shape index (κ3) is 2.40. The van der Waals surface area contributed by atoms with Gasteiger partial charge in [-0.1, -0.05) is 11.6 Å². The molecular formula is C13H15ClFN3. The minimum atomic E-state index is -0.322. The maximum Gasteiger partial charge on any atom is 0.132 e. The molecule has 5 heteroatoms. The van der Waals surface area contributed by atoms with Gasteiger partial charge in [0.25, 0.3) is 0 Å². The Morgan fingerprint density at radius 2 is 2.11 bits per heavy atom. The van der Waals surface area contributed by atoms with E-state index in [0.29, 0.717) is 16.3 Å². The molecule has 0 aliphatic rings. The second-order valence-electron chi connectivity index (χ2n) is 4.64. The first-order valence-corrected chi connectivity index (χ1v) is 6.01. The van der Waals surface area contributed by atoms with Crippen LogP contribution < -0.4 is 5.32 Å². The van der Waals surface area contributed by atoms with Crippen molar-refractivity contribution in [2.24, 2.45) is 0 Å². The van der Waals surface area contributed by atoms with Gasteiger partial charge in [-0.2, -0.15) is 0 Å². The van der Waals surface area contributed by atoms with Gasteiger partial charge in [0.2, 0.25) is 0 Å². The summed E-state index contributed by atoms with van der Waals surface area (Å²) >= 11 is 5.88. The van der Waals surface area contributed by atoms with Crippen LogP contribution in [0.25, 0.3) is 11.3 Å². The van der Waals surface area contributed by atoms with E-state index in [1.807, 2.05) is 20.9 Å². The van der Waals surface area contributed by atoms with E-state index in [9.17, 15) is 4.39 Å². The molecule has 0 bridgehead atoms. The van der Waals surface area contributed by atoms with E-state index in [1.54, 1.807) is 12.3 Å². The van der Waals surface area contributed by atoms with Crippen LogP contribution in [0, 0.1) is 5.82 Å². The van der Waals surface area contributed by atoms with Crippen LogP contribution in [0.1, 0.15) is 19.7 Å². The normalized spacial score (nSPS) is 11.8. The SMILES string of the molecule is CNC(C)(C)c1ncc(-c2cc(Cl)ccc2F)[nH]1. The standard InChI is InChI=1S/C13H15ClFN3/c1-13(2,16-3)12-17-7-11(18-12)9-6-8(14)4-5-10(9)15/h4-7,16H,1-3H3,(H,17,18). The number of imidazole rings is 1. The maximum absolute atomic E-state index is 13.7. The van der Waals surface area contributed by atoms with E-state index in [2.05, 4.69) is 15.3 Å². The summed E-state index contributed by atoms with van der Waals surface area (Å²) in [6.07, 6.45) is 1.61. The molecule has 0 saturated carbocycles. The highest BCUT2D eigenvalue weighted by Gasteiger charge is 2.22. The van der Waals surface area contributed by atoms with Crippen LogP contribution in [0.3, 0.4) is 0 Å². The summed E-state index contributed by atoms with van der Waals surface area (Å²) in [5, 5.41) is 3.63. The van der Waals surface area contributed by atoms with Gasteiger partial charge < -0.3 is 10.3 Å². The zero-order chi connectivity index (χ0) is 13.3. The Morgan fingerprint density at radius 1 is 1.39 bits per heavy atom. The molecule has 96 valence electrons. The van der Waals surface area contributed by atoms with Crippen molar-refractivity contribution in [1.82, 2.24) is 15.3 Å². The summed E-state index contributed by atoms with van der Waals surface area (Å²) in [5.41, 5.74) is 0.745. The molecular weight excluding hydrogens is 253 g/mol. The van der Waals surface area contributed by atoms with Gasteiger partial charge in [-0.05, 0) is 39.1 Å². The number of aromatic amines is 1. The highest BCUT2D eigenvalue weighted by molar-refractivity contribution is 6.30. The molecule has 0 unspecified atom stereocenters. The van der Waals surface area contributed by atoms with Crippen molar-refractivity contribution >= 4 is 11.6 Å². The molecule has 0 saturated heterocycles. The molecule has 1 heterocycles. The monoisotopic (exact) mass is 267 g/mol. The number of nitrogens with zero attached hydrogens (tertiary/aromatic N) is 1. The minimum absolute atomic E-state index is 0.298. The zero-order valence-electron chi connectivity index (χ0n) is 10.5. The van der Waals surface area contributed by atoms with Crippen molar-refractivity contribution in [2.75, 3.05) is 7.05 Å². The molecule has 2 rings (SSSR count). The number of rotatable bonds is 3. The third-order valence-corrected chi connectivity index (χ3v) is 3.25. The van der Waals surface area contributed by atoms with Crippen LogP contribution in [-0.4, -0.2) is 17.0 Å². The van der Waals surface area contributed by atoms with E-state index < -0.39 is 0 Å². The van der Waals surface area contributed by atoms with Crippen LogP contribution in [-0.2, 0) is 5.54 Å². The van der Waals surface area contributed by atoms with Crippen LogP contribution in [0.5, 0.6) is 0 Å². The molecule has 3 nitrogen and oxygen atoms in total. The first-order chi connectivity index (χ1) is 8.44. The van der Waals surface area contributed by atoms with Crippen LogP contribution in [0.4, 0.5) is 4.39 Å². The fourth-order valence-electron chi connectivity index (χ4n) is 1.60. The van der Waals surface area contributed by atoms with Crippen molar-refractivity contribution in [3.05, 3.63) is 41.1 Å². The molecule has 0 aliphatic carbocycles. The largest absolute Gasteiger partial charge is 0.340 e. The summed E-state index contributed by atoms with van der Waals surface area (Å²) in [5.74, 6) is 0.427. The Balaban J connectivity index is 2.44. The summed E-state index contributed by atoms with van der Waals surface area (Å²) in [6, 6.07) is 4.46. The van der Waals surface area contributed by atoms with Crippen molar-refractivity contribution in [2.45, 2.75) is 19.4 Å². The molecule has 0 aliphatic heterocycles. The Bertz CT molecular complexity index is 563.